The molecule has 4 heteroatoms. The van der Waals surface area contributed by atoms with Crippen LogP contribution >= 0.6 is 22.9 Å². The molecule has 1 N–H and O–H groups in total. The van der Waals surface area contributed by atoms with Crippen LogP contribution in [0, 0.1) is 0 Å². The monoisotopic (exact) mass is 261 g/mol. The molecule has 2 aromatic rings. The van der Waals surface area contributed by atoms with Crippen LogP contribution < -0.4 is 5.32 Å². The van der Waals surface area contributed by atoms with E-state index in [1.807, 2.05) is 35.7 Å². The smallest absolute Gasteiger partial charge is 0.256 e. The van der Waals surface area contributed by atoms with Crippen LogP contribution in [-0.4, -0.2) is 5.91 Å². The fourth-order valence-corrected chi connectivity index (χ4v) is 2.65. The van der Waals surface area contributed by atoms with Gasteiger partial charge in [0.2, 0.25) is 0 Å². The van der Waals surface area contributed by atoms with Crippen molar-refractivity contribution in [2.45, 2.75) is 0 Å². The summed E-state index contributed by atoms with van der Waals surface area (Å²) in [4.78, 5) is 12.9. The normalized spacial score (nSPS) is 16.1. The van der Waals surface area contributed by atoms with Gasteiger partial charge in [0, 0.05) is 21.2 Å². The highest BCUT2D eigenvalue weighted by atomic mass is 35.5. The Labute approximate surface area is 108 Å². The number of halogens is 1. The molecule has 1 aliphatic heterocycles. The van der Waals surface area contributed by atoms with Crippen LogP contribution in [-0.2, 0) is 4.79 Å². The van der Waals surface area contributed by atoms with Crippen molar-refractivity contribution >= 4 is 46.2 Å². The Balaban J connectivity index is 2.13. The highest BCUT2D eigenvalue weighted by Crippen LogP contribution is 2.35. The summed E-state index contributed by atoms with van der Waals surface area (Å²) in [6, 6.07) is 9.35. The summed E-state index contributed by atoms with van der Waals surface area (Å²) >= 11 is 7.56. The molecule has 0 aliphatic carbocycles. The van der Waals surface area contributed by atoms with Gasteiger partial charge >= 0.3 is 0 Å². The van der Waals surface area contributed by atoms with Crippen LogP contribution in [0.4, 0.5) is 5.69 Å². The van der Waals surface area contributed by atoms with E-state index in [4.69, 9.17) is 11.6 Å². The van der Waals surface area contributed by atoms with Gasteiger partial charge in [-0.15, -0.1) is 11.3 Å². The number of thiophene rings is 1. The largest absolute Gasteiger partial charge is 0.321 e. The summed E-state index contributed by atoms with van der Waals surface area (Å²) in [5.41, 5.74) is 2.36. The zero-order valence-electron chi connectivity index (χ0n) is 8.74. The lowest BCUT2D eigenvalue weighted by Crippen LogP contribution is -2.03. The molecule has 0 saturated heterocycles. The van der Waals surface area contributed by atoms with E-state index in [1.54, 1.807) is 17.4 Å². The molecule has 1 aromatic carbocycles. The Morgan fingerprint density at radius 1 is 1.29 bits per heavy atom. The van der Waals surface area contributed by atoms with E-state index in [2.05, 4.69) is 5.32 Å². The Bertz CT molecular complexity index is 616. The van der Waals surface area contributed by atoms with Crippen molar-refractivity contribution in [3.8, 4) is 0 Å². The van der Waals surface area contributed by atoms with Crippen molar-refractivity contribution in [2.24, 2.45) is 0 Å². The average molecular weight is 262 g/mol. The van der Waals surface area contributed by atoms with Gasteiger partial charge in [-0.3, -0.25) is 4.79 Å². The van der Waals surface area contributed by atoms with E-state index in [0.717, 1.165) is 16.1 Å². The number of fused-ring (bicyclic) bond motifs is 1. The first-order valence-corrected chi connectivity index (χ1v) is 6.36. The summed E-state index contributed by atoms with van der Waals surface area (Å²) in [6.07, 6.45) is 1.89. The average Bonchev–Trinajstić information content (AvgIpc) is 2.90. The summed E-state index contributed by atoms with van der Waals surface area (Å²) in [5, 5.41) is 5.45. The Morgan fingerprint density at radius 2 is 2.18 bits per heavy atom. The van der Waals surface area contributed by atoms with Crippen LogP contribution in [0.1, 0.15) is 10.4 Å². The quantitative estimate of drug-likeness (QED) is 0.775. The second-order valence-electron chi connectivity index (χ2n) is 3.72. The minimum atomic E-state index is -0.0735. The molecule has 0 fully saturated rings. The van der Waals surface area contributed by atoms with Crippen molar-refractivity contribution in [3.05, 3.63) is 51.2 Å². The lowest BCUT2D eigenvalue weighted by atomic mass is 10.1. The fraction of sp³-hybridized carbons (Fsp3) is 0. The first-order chi connectivity index (χ1) is 8.24. The molecule has 2 nitrogen and oxygen atoms in total. The molecule has 0 radical (unpaired) electrons. The standard InChI is InChI=1S/C13H8ClNOS/c14-8-3-4-12-10(6-8)11(13(16)15-12)7-9-2-1-5-17-9/h1-7H,(H,15,16). The second kappa shape index (κ2) is 4.02. The SMILES string of the molecule is O=C1Nc2ccc(Cl)cc2C1=Cc1cccs1. The highest BCUT2D eigenvalue weighted by Gasteiger charge is 2.24. The van der Waals surface area contributed by atoms with Gasteiger partial charge in [-0.2, -0.15) is 0 Å². The van der Waals surface area contributed by atoms with Crippen LogP contribution in [0.2, 0.25) is 5.02 Å². The number of carbonyl (C=O) groups is 1. The molecule has 3 rings (SSSR count). The maximum atomic E-state index is 11.9. The van der Waals surface area contributed by atoms with Crippen LogP contribution in [0.25, 0.3) is 11.6 Å². The van der Waals surface area contributed by atoms with Crippen molar-refractivity contribution < 1.29 is 4.79 Å². The Kier molecular flexibility index (Phi) is 2.50. The predicted octanol–water partition coefficient (Wildman–Crippen LogP) is 3.89. The second-order valence-corrected chi connectivity index (χ2v) is 5.13. The summed E-state index contributed by atoms with van der Waals surface area (Å²) < 4.78 is 0. The van der Waals surface area contributed by atoms with Crippen molar-refractivity contribution in [1.82, 2.24) is 0 Å². The van der Waals surface area contributed by atoms with Gasteiger partial charge in [0.15, 0.2) is 0 Å². The van der Waals surface area contributed by atoms with E-state index in [0.29, 0.717) is 10.6 Å². The molecule has 0 spiro atoms. The molecule has 0 unspecified atom stereocenters. The van der Waals surface area contributed by atoms with E-state index >= 15 is 0 Å². The van der Waals surface area contributed by atoms with Gasteiger partial charge in [-0.1, -0.05) is 17.7 Å². The minimum Gasteiger partial charge on any atom is -0.321 e. The Hall–Kier alpha value is -1.58. The predicted molar refractivity (Wildman–Crippen MR) is 72.3 cm³/mol. The topological polar surface area (TPSA) is 29.1 Å². The highest BCUT2D eigenvalue weighted by molar-refractivity contribution is 7.11. The maximum Gasteiger partial charge on any atom is 0.256 e. The molecule has 0 atom stereocenters. The first kappa shape index (κ1) is 10.6. The van der Waals surface area contributed by atoms with Gasteiger partial charge in [0.1, 0.15) is 0 Å². The van der Waals surface area contributed by atoms with Gasteiger partial charge in [-0.05, 0) is 35.7 Å². The third-order valence-electron chi connectivity index (χ3n) is 2.59. The molecular weight excluding hydrogens is 254 g/mol. The van der Waals surface area contributed by atoms with E-state index in [1.165, 1.54) is 0 Å². The number of anilines is 1. The number of nitrogens with one attached hydrogen (secondary N) is 1. The van der Waals surface area contributed by atoms with Gasteiger partial charge in [0.05, 0.1) is 5.57 Å². The van der Waals surface area contributed by atoms with Crippen molar-refractivity contribution in [1.29, 1.82) is 0 Å². The molecule has 84 valence electrons. The van der Waals surface area contributed by atoms with E-state index in [-0.39, 0.29) is 5.91 Å². The molecule has 0 saturated carbocycles. The van der Waals surface area contributed by atoms with E-state index in [9.17, 15) is 4.79 Å². The zero-order valence-corrected chi connectivity index (χ0v) is 10.3. The van der Waals surface area contributed by atoms with Crippen molar-refractivity contribution in [3.63, 3.8) is 0 Å². The third kappa shape index (κ3) is 1.88. The lowest BCUT2D eigenvalue weighted by molar-refractivity contribution is -0.110. The molecule has 2 heterocycles. The fourth-order valence-electron chi connectivity index (χ4n) is 1.82. The van der Waals surface area contributed by atoms with Crippen molar-refractivity contribution in [2.75, 3.05) is 5.32 Å². The number of hydrogen-bond donors (Lipinski definition) is 1. The molecule has 1 aromatic heterocycles. The van der Waals surface area contributed by atoms with Crippen LogP contribution in [0.15, 0.2) is 35.7 Å². The molecule has 1 amide bonds. The van der Waals surface area contributed by atoms with Crippen LogP contribution in [0.3, 0.4) is 0 Å². The number of amides is 1. The summed E-state index contributed by atoms with van der Waals surface area (Å²) in [5.74, 6) is -0.0735. The molecule has 17 heavy (non-hydrogen) atoms. The first-order valence-electron chi connectivity index (χ1n) is 5.10. The molecular formula is C13H8ClNOS. The minimum absolute atomic E-state index is 0.0735. The number of rotatable bonds is 1. The lowest BCUT2D eigenvalue weighted by Gasteiger charge is -1.98. The zero-order chi connectivity index (χ0) is 11.8. The van der Waals surface area contributed by atoms with Crippen LogP contribution in [0.5, 0.6) is 0 Å². The number of hydrogen-bond acceptors (Lipinski definition) is 2. The summed E-state index contributed by atoms with van der Waals surface area (Å²) in [6.45, 7) is 0. The summed E-state index contributed by atoms with van der Waals surface area (Å²) in [7, 11) is 0. The Morgan fingerprint density at radius 3 is 2.94 bits per heavy atom. The van der Waals surface area contributed by atoms with Gasteiger partial charge < -0.3 is 5.32 Å². The number of carbonyl (C=O) groups excluding carboxylic acids is 1. The van der Waals surface area contributed by atoms with Gasteiger partial charge in [-0.25, -0.2) is 0 Å². The van der Waals surface area contributed by atoms with E-state index < -0.39 is 0 Å². The van der Waals surface area contributed by atoms with Gasteiger partial charge in [0.25, 0.3) is 5.91 Å². The number of benzene rings is 1. The maximum absolute atomic E-state index is 11.9. The third-order valence-corrected chi connectivity index (χ3v) is 3.65. The molecule has 1 aliphatic rings. The molecule has 0 bridgehead atoms.